The van der Waals surface area contributed by atoms with Crippen LogP contribution in [0.25, 0.3) is 0 Å². The predicted molar refractivity (Wildman–Crippen MR) is 113 cm³/mol. The molecule has 3 aromatic carbocycles. The fraction of sp³-hybridized carbons (Fsp3) is 0.174. The zero-order valence-corrected chi connectivity index (χ0v) is 17.3. The Labute approximate surface area is 165 Å². The summed E-state index contributed by atoms with van der Waals surface area (Å²) in [6, 6.07) is 19.7. The van der Waals surface area contributed by atoms with E-state index in [2.05, 4.69) is 0 Å². The molecule has 0 aliphatic heterocycles. The van der Waals surface area contributed by atoms with Gasteiger partial charge in [0.2, 0.25) is 12.7 Å². The average Bonchev–Trinajstić information content (AvgIpc) is 2.72. The lowest BCUT2D eigenvalue weighted by atomic mass is 10.2. The number of ether oxygens (including phenoxy) is 2. The molecule has 0 aliphatic carbocycles. The van der Waals surface area contributed by atoms with E-state index in [0.29, 0.717) is 22.1 Å². The van der Waals surface area contributed by atoms with Crippen molar-refractivity contribution < 1.29 is 18.8 Å². The molecular formula is C23H23O4P. The van der Waals surface area contributed by atoms with Crippen LogP contribution in [0.1, 0.15) is 21.5 Å². The Morgan fingerprint density at radius 3 is 1.54 bits per heavy atom. The second kappa shape index (κ2) is 8.04. The Kier molecular flexibility index (Phi) is 5.71. The van der Waals surface area contributed by atoms with E-state index in [9.17, 15) is 9.36 Å². The van der Waals surface area contributed by atoms with Gasteiger partial charge in [0.15, 0.2) is 0 Å². The van der Waals surface area contributed by atoms with E-state index >= 15 is 0 Å². The largest absolute Gasteiger partial charge is 0.496 e. The Bertz CT molecular complexity index is 1000. The molecule has 28 heavy (non-hydrogen) atoms. The summed E-state index contributed by atoms with van der Waals surface area (Å²) in [5, 5.41) is 1.06. The highest BCUT2D eigenvalue weighted by Crippen LogP contribution is 2.51. The Morgan fingerprint density at radius 2 is 1.14 bits per heavy atom. The lowest BCUT2D eigenvalue weighted by molar-refractivity contribution is 0.107. The predicted octanol–water partition coefficient (Wildman–Crippen LogP) is 4.47. The minimum Gasteiger partial charge on any atom is -0.496 e. The Balaban J connectivity index is 2.38. The van der Waals surface area contributed by atoms with Gasteiger partial charge in [-0.2, -0.15) is 0 Å². The van der Waals surface area contributed by atoms with Crippen LogP contribution in [0.2, 0.25) is 0 Å². The van der Waals surface area contributed by atoms with Crippen molar-refractivity contribution in [2.75, 3.05) is 14.2 Å². The summed E-state index contributed by atoms with van der Waals surface area (Å²) in [4.78, 5) is 13.9. The van der Waals surface area contributed by atoms with Gasteiger partial charge in [-0.3, -0.25) is 4.79 Å². The minimum atomic E-state index is -3.69. The van der Waals surface area contributed by atoms with E-state index in [-0.39, 0.29) is 5.56 Å². The molecule has 0 atom stereocenters. The molecule has 144 valence electrons. The first-order chi connectivity index (χ1) is 13.4. The van der Waals surface area contributed by atoms with Crippen molar-refractivity contribution in [1.29, 1.82) is 0 Å². The van der Waals surface area contributed by atoms with Crippen molar-refractivity contribution in [2.45, 2.75) is 13.8 Å². The lowest BCUT2D eigenvalue weighted by Gasteiger charge is -2.23. The van der Waals surface area contributed by atoms with Gasteiger partial charge in [-0.15, -0.1) is 0 Å². The number of rotatable bonds is 6. The molecule has 3 aromatic rings. The first kappa shape index (κ1) is 19.9. The average molecular weight is 394 g/mol. The van der Waals surface area contributed by atoms with Crippen molar-refractivity contribution in [1.82, 2.24) is 0 Å². The SMILES string of the molecule is COc1cccc(OC)c1C(=O)P(=O)(c1ccccc1C)c1ccccc1C. The summed E-state index contributed by atoms with van der Waals surface area (Å²) in [6.45, 7) is 3.74. The molecule has 0 N–H and O–H groups in total. The topological polar surface area (TPSA) is 52.6 Å². The van der Waals surface area contributed by atoms with Crippen LogP contribution in [-0.2, 0) is 4.57 Å². The van der Waals surface area contributed by atoms with Crippen LogP contribution < -0.4 is 20.1 Å². The van der Waals surface area contributed by atoms with Gasteiger partial charge in [-0.05, 0) is 37.1 Å². The molecule has 0 aromatic heterocycles. The minimum absolute atomic E-state index is 0.197. The number of carbonyl (C=O) groups excluding carboxylic acids is 1. The molecule has 5 heteroatoms. The molecule has 0 aliphatic rings. The smallest absolute Gasteiger partial charge is 0.237 e. The number of hydrogen-bond acceptors (Lipinski definition) is 4. The van der Waals surface area contributed by atoms with Gasteiger partial charge >= 0.3 is 0 Å². The van der Waals surface area contributed by atoms with Crippen molar-refractivity contribution in [2.24, 2.45) is 0 Å². The standard InChI is InChI=1S/C23H23O4P/c1-16-10-5-7-14-20(16)28(25,21-15-8-6-11-17(21)2)23(24)22-18(26-3)12-9-13-19(22)27-4/h5-15H,1-4H3. The highest BCUT2D eigenvalue weighted by Gasteiger charge is 2.41. The van der Waals surface area contributed by atoms with Crippen LogP contribution in [0.4, 0.5) is 0 Å². The maximum Gasteiger partial charge on any atom is 0.237 e. The van der Waals surface area contributed by atoms with Crippen molar-refractivity contribution in [3.8, 4) is 11.5 Å². The summed E-state index contributed by atoms with van der Waals surface area (Å²) in [5.41, 5.74) is 1.31. The molecule has 0 unspecified atom stereocenters. The van der Waals surface area contributed by atoms with Gasteiger partial charge in [0.1, 0.15) is 17.1 Å². The number of methoxy groups -OCH3 is 2. The molecule has 0 amide bonds. The molecule has 0 bridgehead atoms. The Hall–Kier alpha value is -2.84. The molecule has 3 rings (SSSR count). The normalized spacial score (nSPS) is 11.1. The highest BCUT2D eigenvalue weighted by molar-refractivity contribution is 7.93. The summed E-state index contributed by atoms with van der Waals surface area (Å²) in [5.74, 6) is 0.679. The number of carbonyl (C=O) groups is 1. The highest BCUT2D eigenvalue weighted by atomic mass is 31.2. The van der Waals surface area contributed by atoms with Gasteiger partial charge in [-0.1, -0.05) is 54.6 Å². The molecule has 4 nitrogen and oxygen atoms in total. The molecule has 0 fully saturated rings. The molecule has 0 radical (unpaired) electrons. The van der Waals surface area contributed by atoms with Crippen LogP contribution in [0.5, 0.6) is 11.5 Å². The first-order valence-electron chi connectivity index (χ1n) is 8.93. The van der Waals surface area contributed by atoms with Crippen molar-refractivity contribution in [3.05, 3.63) is 83.4 Å². The van der Waals surface area contributed by atoms with E-state index in [0.717, 1.165) is 11.1 Å². The monoisotopic (exact) mass is 394 g/mol. The number of benzene rings is 3. The maximum atomic E-state index is 14.6. The number of aryl methyl sites for hydroxylation is 2. The lowest BCUT2D eigenvalue weighted by Crippen LogP contribution is -2.26. The van der Waals surface area contributed by atoms with Gasteiger partial charge in [0.25, 0.3) is 0 Å². The molecular weight excluding hydrogens is 371 g/mol. The fourth-order valence-corrected chi connectivity index (χ4v) is 6.37. The third kappa shape index (κ3) is 3.25. The van der Waals surface area contributed by atoms with Gasteiger partial charge in [0, 0.05) is 10.6 Å². The third-order valence-corrected chi connectivity index (χ3v) is 7.99. The van der Waals surface area contributed by atoms with Crippen molar-refractivity contribution in [3.63, 3.8) is 0 Å². The Morgan fingerprint density at radius 1 is 0.714 bits per heavy atom. The zero-order valence-electron chi connectivity index (χ0n) is 16.4. The van der Waals surface area contributed by atoms with E-state index in [4.69, 9.17) is 9.47 Å². The second-order valence-corrected chi connectivity index (χ2v) is 9.11. The van der Waals surface area contributed by atoms with Crippen LogP contribution in [0.15, 0.2) is 66.7 Å². The van der Waals surface area contributed by atoms with Crippen LogP contribution in [0.3, 0.4) is 0 Å². The first-order valence-corrected chi connectivity index (χ1v) is 10.6. The molecule has 0 saturated carbocycles. The molecule has 0 heterocycles. The van der Waals surface area contributed by atoms with E-state index in [1.54, 1.807) is 42.5 Å². The van der Waals surface area contributed by atoms with E-state index in [1.165, 1.54) is 14.2 Å². The van der Waals surface area contributed by atoms with Crippen LogP contribution >= 0.6 is 7.14 Å². The van der Waals surface area contributed by atoms with Crippen LogP contribution in [0, 0.1) is 13.8 Å². The number of hydrogen-bond donors (Lipinski definition) is 0. The third-order valence-electron chi connectivity index (χ3n) is 4.84. The fourth-order valence-electron chi connectivity index (χ4n) is 3.40. The van der Waals surface area contributed by atoms with Crippen molar-refractivity contribution >= 4 is 23.3 Å². The zero-order chi connectivity index (χ0) is 20.3. The van der Waals surface area contributed by atoms with E-state index < -0.39 is 12.7 Å². The molecule has 0 saturated heterocycles. The van der Waals surface area contributed by atoms with Gasteiger partial charge in [0.05, 0.1) is 14.2 Å². The summed E-state index contributed by atoms with van der Waals surface area (Å²) in [6.07, 6.45) is 0. The van der Waals surface area contributed by atoms with Gasteiger partial charge in [-0.25, -0.2) is 0 Å². The van der Waals surface area contributed by atoms with Crippen LogP contribution in [-0.4, -0.2) is 19.7 Å². The summed E-state index contributed by atoms with van der Waals surface area (Å²) >= 11 is 0. The summed E-state index contributed by atoms with van der Waals surface area (Å²) in [7, 11) is -0.723. The quantitative estimate of drug-likeness (QED) is 0.579. The second-order valence-electron chi connectivity index (χ2n) is 6.52. The van der Waals surface area contributed by atoms with Gasteiger partial charge < -0.3 is 14.0 Å². The summed E-state index contributed by atoms with van der Waals surface area (Å²) < 4.78 is 25.5. The molecule has 0 spiro atoms. The van der Waals surface area contributed by atoms with E-state index in [1.807, 2.05) is 38.1 Å². The maximum absolute atomic E-state index is 14.6.